The Morgan fingerprint density at radius 1 is 1.27 bits per heavy atom. The second-order valence-electron chi connectivity index (χ2n) is 4.80. The Labute approximate surface area is 135 Å². The number of halogens is 1. The van der Waals surface area contributed by atoms with Gasteiger partial charge >= 0.3 is 0 Å². The van der Waals surface area contributed by atoms with E-state index >= 15 is 0 Å². The van der Waals surface area contributed by atoms with Gasteiger partial charge in [0.25, 0.3) is 0 Å². The molecule has 0 spiro atoms. The van der Waals surface area contributed by atoms with Gasteiger partial charge < -0.3 is 15.8 Å². The number of nitrogens with two attached hydrogens (primary N) is 1. The molecule has 4 nitrogen and oxygen atoms in total. The number of hydrogen-bond acceptors (Lipinski definition) is 4. The monoisotopic (exact) mass is 318 g/mol. The average Bonchev–Trinajstić information content (AvgIpc) is 2.51. The fraction of sp³-hybridized carbons (Fsp3) is 0.235. The van der Waals surface area contributed by atoms with Gasteiger partial charge in [0, 0.05) is 17.1 Å². The maximum Gasteiger partial charge on any atom is 0.176 e. The Hall–Kier alpha value is -2.04. The van der Waals surface area contributed by atoms with Crippen molar-refractivity contribution in [2.24, 2.45) is 0 Å². The molecular weight excluding hydrogens is 300 g/mol. The molecule has 0 aliphatic heterocycles. The van der Waals surface area contributed by atoms with E-state index in [-0.39, 0.29) is 12.3 Å². The van der Waals surface area contributed by atoms with E-state index in [1.165, 1.54) is 0 Å². The molecule has 3 N–H and O–H groups in total. The number of nitrogen functional groups attached to an aromatic ring is 1. The van der Waals surface area contributed by atoms with Gasteiger partial charge in [-0.05, 0) is 36.8 Å². The molecule has 22 heavy (non-hydrogen) atoms. The highest BCUT2D eigenvalue weighted by Crippen LogP contribution is 2.22. The topological polar surface area (TPSA) is 64.3 Å². The molecule has 0 radical (unpaired) electrons. The molecule has 0 unspecified atom stereocenters. The molecule has 0 aliphatic rings. The highest BCUT2D eigenvalue weighted by Gasteiger charge is 2.09. The van der Waals surface area contributed by atoms with Crippen molar-refractivity contribution in [3.63, 3.8) is 0 Å². The van der Waals surface area contributed by atoms with E-state index in [9.17, 15) is 4.79 Å². The Balaban J connectivity index is 1.92. The Morgan fingerprint density at radius 2 is 2.05 bits per heavy atom. The summed E-state index contributed by atoms with van der Waals surface area (Å²) < 4.78 is 5.36. The minimum absolute atomic E-state index is 0.0261. The molecule has 0 aliphatic carbocycles. The molecule has 0 bridgehead atoms. The SMILES string of the molecule is CCOc1ccc(C(=O)CNCc2ccccc2Cl)cc1N. The minimum atomic E-state index is -0.0261. The molecule has 5 heteroatoms. The van der Waals surface area contributed by atoms with Gasteiger partial charge in [0.15, 0.2) is 5.78 Å². The van der Waals surface area contributed by atoms with Gasteiger partial charge in [-0.25, -0.2) is 0 Å². The van der Waals surface area contributed by atoms with Gasteiger partial charge in [-0.3, -0.25) is 4.79 Å². The number of hydrogen-bond donors (Lipinski definition) is 2. The van der Waals surface area contributed by atoms with Crippen molar-refractivity contribution in [1.29, 1.82) is 0 Å². The maximum absolute atomic E-state index is 12.1. The van der Waals surface area contributed by atoms with Crippen LogP contribution in [0.2, 0.25) is 5.02 Å². The summed E-state index contributed by atoms with van der Waals surface area (Å²) in [4.78, 5) is 12.1. The number of Topliss-reactive ketones (excluding diaryl/α,β-unsaturated/α-hetero) is 1. The molecule has 0 fully saturated rings. The van der Waals surface area contributed by atoms with Crippen molar-refractivity contribution in [2.75, 3.05) is 18.9 Å². The number of anilines is 1. The van der Waals surface area contributed by atoms with E-state index in [0.29, 0.717) is 35.2 Å². The summed E-state index contributed by atoms with van der Waals surface area (Å²) in [6, 6.07) is 12.6. The van der Waals surface area contributed by atoms with Crippen LogP contribution in [0.4, 0.5) is 5.69 Å². The molecule has 2 aromatic rings. The first-order valence-electron chi connectivity index (χ1n) is 7.11. The number of rotatable bonds is 7. The molecule has 2 rings (SSSR count). The van der Waals surface area contributed by atoms with Crippen LogP contribution in [0.3, 0.4) is 0 Å². The van der Waals surface area contributed by atoms with E-state index in [0.717, 1.165) is 5.56 Å². The number of benzene rings is 2. The van der Waals surface area contributed by atoms with Gasteiger partial charge in [-0.2, -0.15) is 0 Å². The first kappa shape index (κ1) is 16.3. The van der Waals surface area contributed by atoms with Crippen molar-refractivity contribution in [3.8, 4) is 5.75 Å². The highest BCUT2D eigenvalue weighted by molar-refractivity contribution is 6.31. The Morgan fingerprint density at radius 3 is 2.73 bits per heavy atom. The first-order chi connectivity index (χ1) is 10.6. The van der Waals surface area contributed by atoms with Crippen LogP contribution < -0.4 is 15.8 Å². The number of carbonyl (C=O) groups is 1. The summed E-state index contributed by atoms with van der Waals surface area (Å²) >= 11 is 6.07. The van der Waals surface area contributed by atoms with Gasteiger partial charge in [-0.15, -0.1) is 0 Å². The van der Waals surface area contributed by atoms with E-state index < -0.39 is 0 Å². The molecular formula is C17H19ClN2O2. The van der Waals surface area contributed by atoms with Crippen molar-refractivity contribution in [1.82, 2.24) is 5.32 Å². The number of ketones is 1. The lowest BCUT2D eigenvalue weighted by atomic mass is 10.1. The molecule has 0 saturated heterocycles. The van der Waals surface area contributed by atoms with Gasteiger partial charge in [-0.1, -0.05) is 29.8 Å². The lowest BCUT2D eigenvalue weighted by Gasteiger charge is -2.09. The zero-order valence-electron chi connectivity index (χ0n) is 12.4. The first-order valence-corrected chi connectivity index (χ1v) is 7.49. The van der Waals surface area contributed by atoms with Crippen LogP contribution in [0, 0.1) is 0 Å². The lowest BCUT2D eigenvalue weighted by molar-refractivity contribution is 0.0991. The van der Waals surface area contributed by atoms with Gasteiger partial charge in [0.1, 0.15) is 5.75 Å². The van der Waals surface area contributed by atoms with E-state index in [1.54, 1.807) is 18.2 Å². The van der Waals surface area contributed by atoms with Gasteiger partial charge in [0.05, 0.1) is 18.8 Å². The maximum atomic E-state index is 12.1. The van der Waals surface area contributed by atoms with E-state index in [4.69, 9.17) is 22.1 Å². The summed E-state index contributed by atoms with van der Waals surface area (Å²) in [6.45, 7) is 3.19. The van der Waals surface area contributed by atoms with Crippen molar-refractivity contribution >= 4 is 23.1 Å². The fourth-order valence-electron chi connectivity index (χ4n) is 2.06. The molecule has 0 saturated carbocycles. The summed E-state index contributed by atoms with van der Waals surface area (Å²) in [5.74, 6) is 0.574. The summed E-state index contributed by atoms with van der Waals surface area (Å²) in [7, 11) is 0. The highest BCUT2D eigenvalue weighted by atomic mass is 35.5. The quantitative estimate of drug-likeness (QED) is 0.607. The van der Waals surface area contributed by atoms with Crippen LogP contribution in [0.1, 0.15) is 22.8 Å². The number of carbonyl (C=O) groups excluding carboxylic acids is 1. The average molecular weight is 319 g/mol. The molecule has 0 heterocycles. The normalized spacial score (nSPS) is 10.5. The third-order valence-electron chi connectivity index (χ3n) is 3.19. The predicted molar refractivity (Wildman–Crippen MR) is 89.5 cm³/mol. The second kappa shape index (κ2) is 7.82. The van der Waals surface area contributed by atoms with Gasteiger partial charge in [0.2, 0.25) is 0 Å². The van der Waals surface area contributed by atoms with Crippen LogP contribution in [0.15, 0.2) is 42.5 Å². The summed E-state index contributed by atoms with van der Waals surface area (Å²) in [5.41, 5.74) is 7.86. The largest absolute Gasteiger partial charge is 0.492 e. The molecule has 0 aromatic heterocycles. The third-order valence-corrected chi connectivity index (χ3v) is 3.56. The number of ether oxygens (including phenoxy) is 1. The minimum Gasteiger partial charge on any atom is -0.492 e. The summed E-state index contributed by atoms with van der Waals surface area (Å²) in [5, 5.41) is 3.78. The third kappa shape index (κ3) is 4.23. The van der Waals surface area contributed by atoms with E-state index in [2.05, 4.69) is 5.32 Å². The smallest absolute Gasteiger partial charge is 0.176 e. The zero-order chi connectivity index (χ0) is 15.9. The van der Waals surface area contributed by atoms with Crippen molar-refractivity contribution in [3.05, 3.63) is 58.6 Å². The van der Waals surface area contributed by atoms with Crippen molar-refractivity contribution < 1.29 is 9.53 Å². The van der Waals surface area contributed by atoms with Crippen LogP contribution in [0.25, 0.3) is 0 Å². The predicted octanol–water partition coefficient (Wildman–Crippen LogP) is 3.29. The summed E-state index contributed by atoms with van der Waals surface area (Å²) in [6.07, 6.45) is 0. The zero-order valence-corrected chi connectivity index (χ0v) is 13.2. The molecule has 2 aromatic carbocycles. The standard InChI is InChI=1S/C17H19ClN2O2/c1-2-22-17-8-7-12(9-15(17)19)16(21)11-20-10-13-5-3-4-6-14(13)18/h3-9,20H,2,10-11,19H2,1H3. The Bertz CT molecular complexity index is 659. The van der Waals surface area contributed by atoms with Crippen LogP contribution in [-0.4, -0.2) is 18.9 Å². The van der Waals surface area contributed by atoms with Crippen LogP contribution in [-0.2, 0) is 6.54 Å². The van der Waals surface area contributed by atoms with Crippen LogP contribution >= 0.6 is 11.6 Å². The van der Waals surface area contributed by atoms with E-state index in [1.807, 2.05) is 31.2 Å². The number of nitrogens with one attached hydrogen (secondary N) is 1. The molecule has 0 atom stereocenters. The lowest BCUT2D eigenvalue weighted by Crippen LogP contribution is -2.22. The van der Waals surface area contributed by atoms with Crippen molar-refractivity contribution in [2.45, 2.75) is 13.5 Å². The Kier molecular flexibility index (Phi) is 5.81. The fourth-order valence-corrected chi connectivity index (χ4v) is 2.27. The molecule has 116 valence electrons. The second-order valence-corrected chi connectivity index (χ2v) is 5.21. The van der Waals surface area contributed by atoms with Crippen LogP contribution in [0.5, 0.6) is 5.75 Å². The molecule has 0 amide bonds.